The van der Waals surface area contributed by atoms with Crippen LogP contribution in [0.15, 0.2) is 11.4 Å². The van der Waals surface area contributed by atoms with Crippen LogP contribution in [0.25, 0.3) is 0 Å². The first-order chi connectivity index (χ1) is 6.84. The van der Waals surface area contributed by atoms with Gasteiger partial charge in [0.2, 0.25) is 0 Å². The molecule has 0 aromatic carbocycles. The molecule has 1 heterocycles. The van der Waals surface area contributed by atoms with E-state index >= 15 is 0 Å². The minimum Gasteiger partial charge on any atom is -0.317 e. The Hall–Kier alpha value is -0.0900. The Bertz CT molecular complexity index is 250. The van der Waals surface area contributed by atoms with Crippen molar-refractivity contribution in [1.29, 1.82) is 0 Å². The molecular formula is C10H17ClN2S. The SMILES string of the molecule is CCNCCCNCc1sccc1Cl. The first kappa shape index (κ1) is 12.0. The third-order valence-corrected chi connectivity index (χ3v) is 3.32. The third-order valence-electron chi connectivity index (χ3n) is 1.93. The lowest BCUT2D eigenvalue weighted by molar-refractivity contribution is 0.609. The van der Waals surface area contributed by atoms with Crippen molar-refractivity contribution < 1.29 is 0 Å². The van der Waals surface area contributed by atoms with Gasteiger partial charge >= 0.3 is 0 Å². The van der Waals surface area contributed by atoms with E-state index in [0.29, 0.717) is 0 Å². The molecule has 0 saturated carbocycles. The van der Waals surface area contributed by atoms with Gasteiger partial charge in [-0.05, 0) is 37.5 Å². The molecule has 0 atom stereocenters. The minimum atomic E-state index is 0.884. The average molecular weight is 233 g/mol. The topological polar surface area (TPSA) is 24.1 Å². The molecule has 0 spiro atoms. The van der Waals surface area contributed by atoms with E-state index < -0.39 is 0 Å². The van der Waals surface area contributed by atoms with Crippen molar-refractivity contribution >= 4 is 22.9 Å². The van der Waals surface area contributed by atoms with Crippen LogP contribution in [-0.4, -0.2) is 19.6 Å². The highest BCUT2D eigenvalue weighted by Gasteiger charge is 1.99. The number of hydrogen-bond donors (Lipinski definition) is 2. The van der Waals surface area contributed by atoms with E-state index in [1.807, 2.05) is 11.4 Å². The molecule has 2 nitrogen and oxygen atoms in total. The smallest absolute Gasteiger partial charge is 0.0558 e. The number of halogens is 1. The summed E-state index contributed by atoms with van der Waals surface area (Å²) in [5.41, 5.74) is 0. The molecule has 1 aromatic rings. The number of thiophene rings is 1. The molecule has 0 saturated heterocycles. The fraction of sp³-hybridized carbons (Fsp3) is 0.600. The zero-order valence-corrected chi connectivity index (χ0v) is 10.0. The molecule has 0 amide bonds. The van der Waals surface area contributed by atoms with Crippen LogP contribution in [0.2, 0.25) is 5.02 Å². The Labute approximate surface area is 94.7 Å². The van der Waals surface area contributed by atoms with Gasteiger partial charge in [-0.25, -0.2) is 0 Å². The molecule has 4 heteroatoms. The minimum absolute atomic E-state index is 0.884. The summed E-state index contributed by atoms with van der Waals surface area (Å²) >= 11 is 7.67. The summed E-state index contributed by atoms with van der Waals surface area (Å²) < 4.78 is 0. The molecule has 0 radical (unpaired) electrons. The summed E-state index contributed by atoms with van der Waals surface area (Å²) in [5.74, 6) is 0. The molecule has 80 valence electrons. The highest BCUT2D eigenvalue weighted by molar-refractivity contribution is 7.10. The van der Waals surface area contributed by atoms with Crippen LogP contribution < -0.4 is 10.6 Å². The van der Waals surface area contributed by atoms with Gasteiger partial charge in [0.25, 0.3) is 0 Å². The predicted octanol–water partition coefficient (Wildman–Crippen LogP) is 2.49. The second-order valence-corrected chi connectivity index (χ2v) is 4.48. The molecule has 14 heavy (non-hydrogen) atoms. The summed E-state index contributed by atoms with van der Waals surface area (Å²) in [5, 5.41) is 9.57. The van der Waals surface area contributed by atoms with Gasteiger partial charge in [0.15, 0.2) is 0 Å². The Morgan fingerprint density at radius 2 is 2.14 bits per heavy atom. The largest absolute Gasteiger partial charge is 0.317 e. The molecule has 0 aliphatic carbocycles. The molecule has 2 N–H and O–H groups in total. The maximum atomic E-state index is 5.96. The van der Waals surface area contributed by atoms with Gasteiger partial charge in [-0.1, -0.05) is 18.5 Å². The Kier molecular flexibility index (Phi) is 6.19. The van der Waals surface area contributed by atoms with Crippen LogP contribution >= 0.6 is 22.9 Å². The van der Waals surface area contributed by atoms with Gasteiger partial charge < -0.3 is 10.6 Å². The van der Waals surface area contributed by atoms with Crippen molar-refractivity contribution in [3.63, 3.8) is 0 Å². The zero-order valence-electron chi connectivity index (χ0n) is 8.48. The number of rotatable bonds is 7. The van der Waals surface area contributed by atoms with E-state index in [4.69, 9.17) is 11.6 Å². The van der Waals surface area contributed by atoms with Crippen LogP contribution in [0.4, 0.5) is 0 Å². The lowest BCUT2D eigenvalue weighted by Crippen LogP contribution is -2.21. The van der Waals surface area contributed by atoms with E-state index in [-0.39, 0.29) is 0 Å². The second kappa shape index (κ2) is 7.23. The Balaban J connectivity index is 2.02. The molecule has 0 fully saturated rings. The van der Waals surface area contributed by atoms with Crippen molar-refractivity contribution in [1.82, 2.24) is 10.6 Å². The molecule has 1 rings (SSSR count). The molecule has 0 unspecified atom stereocenters. The van der Waals surface area contributed by atoms with Gasteiger partial charge in [0.05, 0.1) is 5.02 Å². The maximum absolute atomic E-state index is 5.96. The Morgan fingerprint density at radius 3 is 2.79 bits per heavy atom. The highest BCUT2D eigenvalue weighted by atomic mass is 35.5. The lowest BCUT2D eigenvalue weighted by atomic mass is 10.4. The maximum Gasteiger partial charge on any atom is 0.0558 e. The van der Waals surface area contributed by atoms with Crippen LogP contribution in [0.5, 0.6) is 0 Å². The van der Waals surface area contributed by atoms with Gasteiger partial charge in [-0.15, -0.1) is 11.3 Å². The normalized spacial score (nSPS) is 10.7. The van der Waals surface area contributed by atoms with Gasteiger partial charge in [0.1, 0.15) is 0 Å². The number of hydrogen-bond acceptors (Lipinski definition) is 3. The lowest BCUT2D eigenvalue weighted by Gasteiger charge is -2.03. The second-order valence-electron chi connectivity index (χ2n) is 3.08. The van der Waals surface area contributed by atoms with Crippen molar-refractivity contribution in [2.24, 2.45) is 0 Å². The molecular weight excluding hydrogens is 216 g/mol. The monoisotopic (exact) mass is 232 g/mol. The number of nitrogens with one attached hydrogen (secondary N) is 2. The Morgan fingerprint density at radius 1 is 1.36 bits per heavy atom. The van der Waals surface area contributed by atoms with Crippen LogP contribution in [0.3, 0.4) is 0 Å². The van der Waals surface area contributed by atoms with E-state index in [0.717, 1.165) is 37.6 Å². The summed E-state index contributed by atoms with van der Waals surface area (Å²) in [4.78, 5) is 1.23. The van der Waals surface area contributed by atoms with Crippen molar-refractivity contribution in [2.45, 2.75) is 19.9 Å². The summed E-state index contributed by atoms with van der Waals surface area (Å²) in [7, 11) is 0. The molecule has 1 aromatic heterocycles. The first-order valence-electron chi connectivity index (χ1n) is 4.98. The fourth-order valence-electron chi connectivity index (χ4n) is 1.17. The highest BCUT2D eigenvalue weighted by Crippen LogP contribution is 2.21. The van der Waals surface area contributed by atoms with E-state index in [1.54, 1.807) is 11.3 Å². The van der Waals surface area contributed by atoms with Crippen molar-refractivity contribution in [3.8, 4) is 0 Å². The first-order valence-corrected chi connectivity index (χ1v) is 6.23. The predicted molar refractivity (Wildman–Crippen MR) is 64.2 cm³/mol. The molecule has 0 aliphatic heterocycles. The van der Waals surface area contributed by atoms with Gasteiger partial charge in [-0.2, -0.15) is 0 Å². The summed E-state index contributed by atoms with van der Waals surface area (Å²) in [6, 6.07) is 1.95. The van der Waals surface area contributed by atoms with E-state index in [9.17, 15) is 0 Å². The standard InChI is InChI=1S/C10H17ClN2S/c1-2-12-5-3-6-13-8-10-9(11)4-7-14-10/h4,7,12-13H,2-3,5-6,8H2,1H3. The summed E-state index contributed by atoms with van der Waals surface area (Å²) in [6.07, 6.45) is 1.16. The average Bonchev–Trinajstić information content (AvgIpc) is 2.58. The zero-order chi connectivity index (χ0) is 10.2. The van der Waals surface area contributed by atoms with E-state index in [2.05, 4.69) is 17.6 Å². The van der Waals surface area contributed by atoms with Crippen LogP contribution in [0, 0.1) is 0 Å². The van der Waals surface area contributed by atoms with E-state index in [1.165, 1.54) is 4.88 Å². The van der Waals surface area contributed by atoms with Gasteiger partial charge in [0, 0.05) is 11.4 Å². The molecule has 0 bridgehead atoms. The van der Waals surface area contributed by atoms with Gasteiger partial charge in [-0.3, -0.25) is 0 Å². The fourth-order valence-corrected chi connectivity index (χ4v) is 2.24. The van der Waals surface area contributed by atoms with Crippen molar-refractivity contribution in [3.05, 3.63) is 21.3 Å². The third kappa shape index (κ3) is 4.42. The van der Waals surface area contributed by atoms with Crippen LogP contribution in [0.1, 0.15) is 18.2 Å². The van der Waals surface area contributed by atoms with Crippen molar-refractivity contribution in [2.75, 3.05) is 19.6 Å². The molecule has 0 aliphatic rings. The quantitative estimate of drug-likeness (QED) is 0.706. The summed E-state index contributed by atoms with van der Waals surface area (Å²) in [6.45, 7) is 6.20. The van der Waals surface area contributed by atoms with Crippen LogP contribution in [-0.2, 0) is 6.54 Å².